The zero-order chi connectivity index (χ0) is 13.3. The highest BCUT2D eigenvalue weighted by Crippen LogP contribution is 2.19. The Morgan fingerprint density at radius 3 is 2.67 bits per heavy atom. The van der Waals surface area contributed by atoms with E-state index < -0.39 is 0 Å². The molecule has 2 aromatic rings. The summed E-state index contributed by atoms with van der Waals surface area (Å²) >= 11 is 5.81. The van der Waals surface area contributed by atoms with Crippen molar-refractivity contribution in [2.45, 2.75) is 6.54 Å². The van der Waals surface area contributed by atoms with Crippen LogP contribution in [0.5, 0.6) is 0 Å². The van der Waals surface area contributed by atoms with Crippen molar-refractivity contribution in [3.8, 4) is 0 Å². The third-order valence-electron chi connectivity index (χ3n) is 2.64. The second-order valence-corrected chi connectivity index (χ2v) is 4.40. The molecule has 18 heavy (non-hydrogen) atoms. The van der Waals surface area contributed by atoms with Crippen molar-refractivity contribution >= 4 is 17.3 Å². The van der Waals surface area contributed by atoms with Gasteiger partial charge in [0.25, 0.3) is 5.56 Å². The highest BCUT2D eigenvalue weighted by atomic mass is 35.5. The van der Waals surface area contributed by atoms with Gasteiger partial charge in [0.05, 0.1) is 17.3 Å². The number of anilines is 1. The molecular weight excluding hydrogens is 254 g/mol. The fourth-order valence-corrected chi connectivity index (χ4v) is 1.75. The number of benzene rings is 1. The molecule has 0 amide bonds. The number of halogens is 1. The van der Waals surface area contributed by atoms with Crippen LogP contribution in [0, 0.1) is 0 Å². The average Bonchev–Trinajstić information content (AvgIpc) is 2.34. The topological polar surface area (TPSA) is 70.0 Å². The van der Waals surface area contributed by atoms with Gasteiger partial charge in [0.1, 0.15) is 0 Å². The molecule has 0 bridgehead atoms. The summed E-state index contributed by atoms with van der Waals surface area (Å²) in [5.74, 6) is 0. The monoisotopic (exact) mass is 265 g/mol. The summed E-state index contributed by atoms with van der Waals surface area (Å²) in [7, 11) is 1.59. The van der Waals surface area contributed by atoms with Gasteiger partial charge in [-0.2, -0.15) is 0 Å². The molecule has 2 rings (SSSR count). The third kappa shape index (κ3) is 2.31. The molecule has 0 aliphatic rings. The van der Waals surface area contributed by atoms with E-state index in [4.69, 9.17) is 17.3 Å². The lowest BCUT2D eigenvalue weighted by molar-refractivity contribution is 0.640. The maximum atomic E-state index is 11.8. The first-order valence-corrected chi connectivity index (χ1v) is 5.67. The molecule has 0 saturated carbocycles. The minimum atomic E-state index is -0.365. The zero-order valence-corrected chi connectivity index (χ0v) is 10.5. The van der Waals surface area contributed by atoms with Gasteiger partial charge in [-0.3, -0.25) is 9.36 Å². The van der Waals surface area contributed by atoms with Crippen LogP contribution in [0.2, 0.25) is 5.02 Å². The largest absolute Gasteiger partial charge is 0.398 e. The molecule has 0 spiro atoms. The standard InChI is InChI=1S/C12H12ClN3O2/c1-15-5-4-11(17)16(12(15)18)7-8-2-3-9(13)10(14)6-8/h2-6H,7,14H2,1H3. The van der Waals surface area contributed by atoms with Crippen molar-refractivity contribution in [1.82, 2.24) is 9.13 Å². The van der Waals surface area contributed by atoms with Gasteiger partial charge in [0.2, 0.25) is 0 Å². The van der Waals surface area contributed by atoms with E-state index in [1.807, 2.05) is 0 Å². The molecule has 1 aromatic heterocycles. The number of rotatable bonds is 2. The lowest BCUT2D eigenvalue weighted by Gasteiger charge is -2.07. The first kappa shape index (κ1) is 12.4. The van der Waals surface area contributed by atoms with E-state index in [0.29, 0.717) is 10.7 Å². The third-order valence-corrected chi connectivity index (χ3v) is 2.98. The van der Waals surface area contributed by atoms with Crippen molar-refractivity contribution in [1.29, 1.82) is 0 Å². The SMILES string of the molecule is Cn1ccc(=O)n(Cc2ccc(Cl)c(N)c2)c1=O. The summed E-state index contributed by atoms with van der Waals surface area (Å²) in [6.45, 7) is 0.174. The van der Waals surface area contributed by atoms with E-state index >= 15 is 0 Å². The van der Waals surface area contributed by atoms with Crippen LogP contribution < -0.4 is 17.0 Å². The number of nitrogens with two attached hydrogens (primary N) is 1. The summed E-state index contributed by atoms with van der Waals surface area (Å²) in [4.78, 5) is 23.5. The Kier molecular flexibility index (Phi) is 3.25. The van der Waals surface area contributed by atoms with Crippen LogP contribution in [-0.2, 0) is 13.6 Å². The predicted octanol–water partition coefficient (Wildman–Crippen LogP) is 0.831. The first-order valence-electron chi connectivity index (χ1n) is 5.29. The molecule has 6 heteroatoms. The summed E-state index contributed by atoms with van der Waals surface area (Å²) < 4.78 is 2.49. The Hall–Kier alpha value is -2.01. The number of nitrogen functional groups attached to an aromatic ring is 1. The summed E-state index contributed by atoms with van der Waals surface area (Å²) in [6.07, 6.45) is 1.44. The minimum Gasteiger partial charge on any atom is -0.398 e. The van der Waals surface area contributed by atoms with Gasteiger partial charge in [-0.15, -0.1) is 0 Å². The van der Waals surface area contributed by atoms with E-state index in [2.05, 4.69) is 0 Å². The second-order valence-electron chi connectivity index (χ2n) is 3.99. The maximum Gasteiger partial charge on any atom is 0.331 e. The van der Waals surface area contributed by atoms with Crippen LogP contribution in [0.4, 0.5) is 5.69 Å². The lowest BCUT2D eigenvalue weighted by atomic mass is 10.2. The smallest absolute Gasteiger partial charge is 0.331 e. The fourth-order valence-electron chi connectivity index (χ4n) is 1.63. The van der Waals surface area contributed by atoms with Crippen LogP contribution in [0.25, 0.3) is 0 Å². The molecule has 5 nitrogen and oxygen atoms in total. The van der Waals surface area contributed by atoms with Gasteiger partial charge in [-0.05, 0) is 17.7 Å². The van der Waals surface area contributed by atoms with Crippen LogP contribution in [-0.4, -0.2) is 9.13 Å². The van der Waals surface area contributed by atoms with Crippen LogP contribution in [0.1, 0.15) is 5.56 Å². The first-order chi connectivity index (χ1) is 8.49. The molecule has 1 heterocycles. The van der Waals surface area contributed by atoms with Crippen LogP contribution >= 0.6 is 11.6 Å². The van der Waals surface area contributed by atoms with Gasteiger partial charge in [0, 0.05) is 19.3 Å². The molecule has 0 unspecified atom stereocenters. The van der Waals surface area contributed by atoms with Gasteiger partial charge < -0.3 is 10.3 Å². The number of aryl methyl sites for hydroxylation is 1. The number of aromatic nitrogens is 2. The van der Waals surface area contributed by atoms with Gasteiger partial charge in [0.15, 0.2) is 0 Å². The molecule has 0 atom stereocenters. The Balaban J connectivity index is 2.46. The van der Waals surface area contributed by atoms with E-state index in [1.165, 1.54) is 16.8 Å². The zero-order valence-electron chi connectivity index (χ0n) is 9.76. The molecule has 0 fully saturated rings. The molecule has 0 radical (unpaired) electrons. The molecule has 1 aromatic carbocycles. The highest BCUT2D eigenvalue weighted by molar-refractivity contribution is 6.33. The Morgan fingerprint density at radius 2 is 2.00 bits per heavy atom. The Labute approximate surface area is 108 Å². The quantitative estimate of drug-likeness (QED) is 0.818. The lowest BCUT2D eigenvalue weighted by Crippen LogP contribution is -2.38. The number of hydrogen-bond donors (Lipinski definition) is 1. The summed E-state index contributed by atoms with van der Waals surface area (Å²) in [5.41, 5.74) is 6.15. The molecule has 2 N–H and O–H groups in total. The van der Waals surface area contributed by atoms with E-state index in [-0.39, 0.29) is 17.8 Å². The number of nitrogens with zero attached hydrogens (tertiary/aromatic N) is 2. The van der Waals surface area contributed by atoms with Gasteiger partial charge >= 0.3 is 5.69 Å². The van der Waals surface area contributed by atoms with Crippen LogP contribution in [0.3, 0.4) is 0 Å². The fraction of sp³-hybridized carbons (Fsp3) is 0.167. The van der Waals surface area contributed by atoms with Crippen molar-refractivity contribution in [2.75, 3.05) is 5.73 Å². The molecule has 0 aliphatic heterocycles. The predicted molar refractivity (Wildman–Crippen MR) is 70.9 cm³/mol. The van der Waals surface area contributed by atoms with E-state index in [0.717, 1.165) is 10.1 Å². The van der Waals surface area contributed by atoms with E-state index in [9.17, 15) is 9.59 Å². The normalized spacial score (nSPS) is 10.6. The van der Waals surface area contributed by atoms with Crippen molar-refractivity contribution in [3.05, 3.63) is 61.9 Å². The minimum absolute atomic E-state index is 0.174. The molecule has 0 aliphatic carbocycles. The maximum absolute atomic E-state index is 11.8. The van der Waals surface area contributed by atoms with Crippen LogP contribution in [0.15, 0.2) is 40.1 Å². The van der Waals surface area contributed by atoms with Crippen molar-refractivity contribution in [3.63, 3.8) is 0 Å². The summed E-state index contributed by atoms with van der Waals surface area (Å²) in [5, 5.41) is 0.451. The second kappa shape index (κ2) is 4.70. The summed E-state index contributed by atoms with van der Waals surface area (Å²) in [6, 6.07) is 6.38. The Bertz CT molecular complexity index is 703. The highest BCUT2D eigenvalue weighted by Gasteiger charge is 2.05. The van der Waals surface area contributed by atoms with Gasteiger partial charge in [-0.25, -0.2) is 4.79 Å². The Morgan fingerprint density at radius 1 is 1.28 bits per heavy atom. The van der Waals surface area contributed by atoms with Gasteiger partial charge in [-0.1, -0.05) is 17.7 Å². The number of hydrogen-bond acceptors (Lipinski definition) is 3. The molecule has 94 valence electrons. The molecule has 0 saturated heterocycles. The van der Waals surface area contributed by atoms with Crippen molar-refractivity contribution < 1.29 is 0 Å². The average molecular weight is 266 g/mol. The molecular formula is C12H12ClN3O2. The van der Waals surface area contributed by atoms with Crippen molar-refractivity contribution in [2.24, 2.45) is 7.05 Å². The van der Waals surface area contributed by atoms with E-state index in [1.54, 1.807) is 25.2 Å².